The lowest BCUT2D eigenvalue weighted by Gasteiger charge is -2.16. The number of nitrogens with one attached hydrogen (secondary N) is 1. The van der Waals surface area contributed by atoms with Gasteiger partial charge in [0, 0.05) is 30.4 Å². The average Bonchev–Trinajstić information content (AvgIpc) is 2.93. The van der Waals surface area contributed by atoms with Crippen molar-refractivity contribution in [2.24, 2.45) is 5.84 Å². The highest BCUT2D eigenvalue weighted by Gasteiger charge is 2.22. The highest BCUT2D eigenvalue weighted by molar-refractivity contribution is 5.55. The first-order chi connectivity index (χ1) is 9.85. The second-order valence-corrected chi connectivity index (χ2v) is 4.06. The van der Waals surface area contributed by atoms with E-state index in [1.807, 2.05) is 0 Å². The van der Waals surface area contributed by atoms with Crippen molar-refractivity contribution in [3.63, 3.8) is 0 Å². The lowest BCUT2D eigenvalue weighted by Crippen LogP contribution is -2.30. The van der Waals surface area contributed by atoms with Crippen LogP contribution in [0.25, 0.3) is 5.52 Å². The van der Waals surface area contributed by atoms with Gasteiger partial charge in [0.15, 0.2) is 0 Å². The van der Waals surface area contributed by atoms with Gasteiger partial charge in [-0.3, -0.25) is 15.8 Å². The van der Waals surface area contributed by atoms with Gasteiger partial charge in [0.05, 0.1) is 31.1 Å². The predicted octanol–water partition coefficient (Wildman–Crippen LogP) is 0.0806. The van der Waals surface area contributed by atoms with E-state index in [-0.39, 0.29) is 6.04 Å². The Morgan fingerprint density at radius 3 is 2.90 bits per heavy atom. The molecule has 1 atom stereocenters. The van der Waals surface area contributed by atoms with E-state index in [1.54, 1.807) is 48.8 Å². The minimum atomic E-state index is -0.389. The Morgan fingerprint density at radius 2 is 2.10 bits per heavy atom. The van der Waals surface area contributed by atoms with E-state index in [2.05, 4.69) is 25.5 Å². The maximum Gasteiger partial charge on any atom is 0.237 e. The third kappa shape index (κ3) is 1.96. The average molecular weight is 271 g/mol. The zero-order valence-electron chi connectivity index (χ0n) is 10.8. The number of nitrogens with two attached hydrogens (primary N) is 1. The molecular formula is C12H13N7O. The van der Waals surface area contributed by atoms with E-state index in [4.69, 9.17) is 10.6 Å². The predicted molar refractivity (Wildman–Crippen MR) is 70.7 cm³/mol. The summed E-state index contributed by atoms with van der Waals surface area (Å²) in [6.07, 6.45) is 10.0. The lowest BCUT2D eigenvalue weighted by molar-refractivity contribution is 0.383. The Kier molecular flexibility index (Phi) is 3.23. The third-order valence-electron chi connectivity index (χ3n) is 2.99. The van der Waals surface area contributed by atoms with E-state index in [1.165, 1.54) is 0 Å². The number of aromatic nitrogens is 5. The van der Waals surface area contributed by atoms with E-state index < -0.39 is 0 Å². The van der Waals surface area contributed by atoms with Crippen molar-refractivity contribution in [3.8, 4) is 5.88 Å². The van der Waals surface area contributed by atoms with E-state index in [0.29, 0.717) is 11.6 Å². The molecule has 0 aromatic carbocycles. The molecule has 3 aromatic heterocycles. The molecule has 1 unspecified atom stereocenters. The zero-order chi connectivity index (χ0) is 13.9. The molecule has 0 bridgehead atoms. The molecule has 0 aliphatic rings. The number of rotatable bonds is 4. The second-order valence-electron chi connectivity index (χ2n) is 4.06. The molecule has 8 nitrogen and oxygen atoms in total. The molecule has 0 saturated carbocycles. The highest BCUT2D eigenvalue weighted by Crippen LogP contribution is 2.27. The summed E-state index contributed by atoms with van der Waals surface area (Å²) in [5.41, 5.74) is 5.00. The number of ether oxygens (including phenoxy) is 1. The molecule has 0 saturated heterocycles. The molecule has 0 radical (unpaired) electrons. The summed E-state index contributed by atoms with van der Waals surface area (Å²) in [7, 11) is 1.54. The normalized spacial score (nSPS) is 12.5. The van der Waals surface area contributed by atoms with Crippen molar-refractivity contribution in [1.82, 2.24) is 30.0 Å². The third-order valence-corrected chi connectivity index (χ3v) is 2.99. The van der Waals surface area contributed by atoms with Crippen molar-refractivity contribution < 1.29 is 4.74 Å². The van der Waals surface area contributed by atoms with Crippen LogP contribution in [0.15, 0.2) is 37.2 Å². The van der Waals surface area contributed by atoms with Crippen LogP contribution in [0.1, 0.15) is 17.3 Å². The number of methoxy groups -OCH3 is 1. The van der Waals surface area contributed by atoms with Crippen LogP contribution in [0.2, 0.25) is 0 Å². The summed E-state index contributed by atoms with van der Waals surface area (Å²) in [5.74, 6) is 6.10. The van der Waals surface area contributed by atoms with Gasteiger partial charge in [-0.2, -0.15) is 5.10 Å². The minimum absolute atomic E-state index is 0.389. The molecule has 3 heterocycles. The largest absolute Gasteiger partial charge is 0.480 e. The van der Waals surface area contributed by atoms with E-state index >= 15 is 0 Å². The SMILES string of the molecule is COc1nccnc1C(NN)c1cnn2ccncc12. The Hall–Kier alpha value is -2.58. The van der Waals surface area contributed by atoms with E-state index in [0.717, 1.165) is 11.1 Å². The van der Waals surface area contributed by atoms with Crippen LogP contribution in [0.5, 0.6) is 5.88 Å². The van der Waals surface area contributed by atoms with Crippen LogP contribution in [-0.2, 0) is 0 Å². The maximum absolute atomic E-state index is 5.68. The molecule has 3 N–H and O–H groups in total. The summed E-state index contributed by atoms with van der Waals surface area (Å²) in [6.45, 7) is 0. The molecule has 3 aromatic rings. The molecule has 3 rings (SSSR count). The Balaban J connectivity index is 2.14. The van der Waals surface area contributed by atoms with E-state index in [9.17, 15) is 0 Å². The number of nitrogens with zero attached hydrogens (tertiary/aromatic N) is 5. The molecule has 0 aliphatic carbocycles. The molecular weight excluding hydrogens is 258 g/mol. The van der Waals surface area contributed by atoms with Crippen LogP contribution in [0.4, 0.5) is 0 Å². The van der Waals surface area contributed by atoms with Gasteiger partial charge in [-0.05, 0) is 0 Å². The van der Waals surface area contributed by atoms with Crippen LogP contribution in [0.3, 0.4) is 0 Å². The molecule has 102 valence electrons. The molecule has 0 fully saturated rings. The fraction of sp³-hybridized carbons (Fsp3) is 0.167. The molecule has 0 aliphatic heterocycles. The highest BCUT2D eigenvalue weighted by atomic mass is 16.5. The molecule has 0 amide bonds. The number of hydrogen-bond donors (Lipinski definition) is 2. The van der Waals surface area contributed by atoms with Gasteiger partial charge in [0.2, 0.25) is 5.88 Å². The van der Waals surface area contributed by atoms with Crippen LogP contribution in [-0.4, -0.2) is 31.7 Å². The fourth-order valence-corrected chi connectivity index (χ4v) is 2.08. The van der Waals surface area contributed by atoms with Gasteiger partial charge in [-0.1, -0.05) is 0 Å². The molecule has 8 heteroatoms. The van der Waals surface area contributed by atoms with Crippen LogP contribution >= 0.6 is 0 Å². The van der Waals surface area contributed by atoms with Gasteiger partial charge in [0.25, 0.3) is 0 Å². The maximum atomic E-state index is 5.68. The van der Waals surface area contributed by atoms with Crippen molar-refractivity contribution >= 4 is 5.52 Å². The molecule has 20 heavy (non-hydrogen) atoms. The Morgan fingerprint density at radius 1 is 1.25 bits per heavy atom. The van der Waals surface area contributed by atoms with Crippen LogP contribution < -0.4 is 16.0 Å². The monoisotopic (exact) mass is 271 g/mol. The summed E-state index contributed by atoms with van der Waals surface area (Å²) < 4.78 is 6.94. The van der Waals surface area contributed by atoms with Gasteiger partial charge >= 0.3 is 0 Å². The first-order valence-electron chi connectivity index (χ1n) is 5.93. The number of hydrogen-bond acceptors (Lipinski definition) is 7. The first kappa shape index (κ1) is 12.5. The quantitative estimate of drug-likeness (QED) is 0.511. The fourth-order valence-electron chi connectivity index (χ4n) is 2.08. The van der Waals surface area contributed by atoms with Gasteiger partial charge in [-0.25, -0.2) is 14.9 Å². The second kappa shape index (κ2) is 5.19. The van der Waals surface area contributed by atoms with Gasteiger partial charge in [-0.15, -0.1) is 0 Å². The number of fused-ring (bicyclic) bond motifs is 1. The zero-order valence-corrected chi connectivity index (χ0v) is 10.8. The first-order valence-corrected chi connectivity index (χ1v) is 5.93. The smallest absolute Gasteiger partial charge is 0.237 e. The summed E-state index contributed by atoms with van der Waals surface area (Å²) >= 11 is 0. The molecule has 0 spiro atoms. The Labute approximate surface area is 114 Å². The van der Waals surface area contributed by atoms with Crippen molar-refractivity contribution in [2.45, 2.75) is 6.04 Å². The standard InChI is InChI=1S/C12H13N7O/c1-20-12-11(15-2-3-16-12)10(18-13)8-6-17-19-5-4-14-7-9(8)19/h2-7,10,18H,13H2,1H3. The lowest BCUT2D eigenvalue weighted by atomic mass is 10.1. The van der Waals surface area contributed by atoms with Gasteiger partial charge < -0.3 is 4.74 Å². The topological polar surface area (TPSA) is 103 Å². The van der Waals surface area contributed by atoms with Crippen LogP contribution in [0, 0.1) is 0 Å². The summed E-state index contributed by atoms with van der Waals surface area (Å²) in [4.78, 5) is 12.5. The Bertz CT molecular complexity index is 726. The van der Waals surface area contributed by atoms with Crippen molar-refractivity contribution in [2.75, 3.05) is 7.11 Å². The summed E-state index contributed by atoms with van der Waals surface area (Å²) in [5, 5.41) is 4.26. The van der Waals surface area contributed by atoms with Crippen molar-refractivity contribution in [1.29, 1.82) is 0 Å². The summed E-state index contributed by atoms with van der Waals surface area (Å²) in [6, 6.07) is -0.389. The number of hydrazine groups is 1. The minimum Gasteiger partial charge on any atom is -0.480 e. The van der Waals surface area contributed by atoms with Crippen molar-refractivity contribution in [3.05, 3.63) is 48.4 Å². The van der Waals surface area contributed by atoms with Gasteiger partial charge in [0.1, 0.15) is 5.69 Å².